The van der Waals surface area contributed by atoms with Crippen LogP contribution in [0.1, 0.15) is 11.4 Å². The Bertz CT molecular complexity index is 202. The summed E-state index contributed by atoms with van der Waals surface area (Å²) in [6.07, 6.45) is 2.33. The lowest BCUT2D eigenvalue weighted by Gasteiger charge is -1.93. The van der Waals surface area contributed by atoms with Crippen LogP contribution in [0.3, 0.4) is 0 Å². The molecule has 0 N–H and O–H groups in total. The fourth-order valence-electron chi connectivity index (χ4n) is 0.535. The second-order valence-electron chi connectivity index (χ2n) is 1.81. The Morgan fingerprint density at radius 2 is 1.67 bits per heavy atom. The van der Waals surface area contributed by atoms with Crippen molar-refractivity contribution in [3.05, 3.63) is 23.5 Å². The summed E-state index contributed by atoms with van der Waals surface area (Å²) in [6.45, 7) is 3.17. The minimum atomic E-state index is -0.339. The quantitative estimate of drug-likeness (QED) is 0.517. The third kappa shape index (κ3) is 1.04. The third-order valence-corrected chi connectivity index (χ3v) is 1.07. The molecule has 0 spiro atoms. The van der Waals surface area contributed by atoms with E-state index in [9.17, 15) is 4.39 Å². The molecule has 0 unspecified atom stereocenters. The van der Waals surface area contributed by atoms with Gasteiger partial charge in [0.05, 0.1) is 11.4 Å². The van der Waals surface area contributed by atoms with Crippen LogP contribution in [0, 0.1) is 26.0 Å². The second kappa shape index (κ2) is 2.09. The number of rotatable bonds is 0. The van der Waals surface area contributed by atoms with E-state index < -0.39 is 0 Å². The highest BCUT2D eigenvalue weighted by molar-refractivity contribution is 5.07. The predicted molar refractivity (Wildman–Crippen MR) is 30.3 cm³/mol. The molecular weight excluding hydrogens is 119 g/mol. The van der Waals surface area contributed by atoms with E-state index in [1.165, 1.54) is 0 Å². The Kier molecular flexibility index (Phi) is 1.42. The van der Waals surface area contributed by atoms with Crippen molar-refractivity contribution in [3.8, 4) is 0 Å². The van der Waals surface area contributed by atoms with Gasteiger partial charge in [0, 0.05) is 0 Å². The van der Waals surface area contributed by atoms with Crippen molar-refractivity contribution in [2.24, 2.45) is 0 Å². The number of nitrogens with zero attached hydrogens (tertiary/aromatic N) is 2. The van der Waals surface area contributed by atoms with Gasteiger partial charge >= 0.3 is 0 Å². The maximum Gasteiger partial charge on any atom is 0.198 e. The van der Waals surface area contributed by atoms with Crippen LogP contribution in [-0.2, 0) is 0 Å². The van der Waals surface area contributed by atoms with Gasteiger partial charge in [0.1, 0.15) is 0 Å². The van der Waals surface area contributed by atoms with E-state index in [1.807, 2.05) is 0 Å². The highest BCUT2D eigenvalue weighted by Crippen LogP contribution is 2.02. The summed E-state index contributed by atoms with van der Waals surface area (Å²) in [4.78, 5) is 7.06. The first-order valence-corrected chi connectivity index (χ1v) is 2.58. The van der Waals surface area contributed by atoms with Crippen molar-refractivity contribution in [1.82, 2.24) is 9.97 Å². The maximum atomic E-state index is 12.6. The van der Waals surface area contributed by atoms with Gasteiger partial charge in [-0.05, 0) is 13.8 Å². The summed E-state index contributed by atoms with van der Waals surface area (Å²) in [7, 11) is 0. The van der Waals surface area contributed by atoms with Crippen molar-refractivity contribution in [2.75, 3.05) is 0 Å². The van der Waals surface area contributed by atoms with E-state index in [-0.39, 0.29) is 5.82 Å². The molecule has 0 aliphatic heterocycles. The molecular formula is C6H6FN2. The summed E-state index contributed by atoms with van der Waals surface area (Å²) >= 11 is 0. The molecule has 1 rings (SSSR count). The van der Waals surface area contributed by atoms with Gasteiger partial charge in [-0.1, -0.05) is 0 Å². The van der Waals surface area contributed by atoms with E-state index in [0.717, 1.165) is 0 Å². The second-order valence-corrected chi connectivity index (χ2v) is 1.81. The van der Waals surface area contributed by atoms with Crippen LogP contribution in [0.4, 0.5) is 4.39 Å². The zero-order valence-electron chi connectivity index (χ0n) is 5.27. The SMILES string of the molecule is Cc1n[c]nc(C)c1F. The van der Waals surface area contributed by atoms with Gasteiger partial charge in [0.2, 0.25) is 0 Å². The first-order valence-electron chi connectivity index (χ1n) is 2.58. The number of hydrogen-bond acceptors (Lipinski definition) is 2. The lowest BCUT2D eigenvalue weighted by Crippen LogP contribution is -1.94. The average Bonchev–Trinajstić information content (AvgIpc) is 1.83. The average molecular weight is 125 g/mol. The monoisotopic (exact) mass is 125 g/mol. The smallest absolute Gasteiger partial charge is 0.198 e. The summed E-state index contributed by atoms with van der Waals surface area (Å²) in [5.74, 6) is -0.339. The molecule has 0 saturated carbocycles. The molecule has 1 aromatic rings. The molecule has 0 bridgehead atoms. The topological polar surface area (TPSA) is 25.8 Å². The summed E-state index contributed by atoms with van der Waals surface area (Å²) < 4.78 is 12.6. The predicted octanol–water partition coefficient (Wildman–Crippen LogP) is 1.03. The van der Waals surface area contributed by atoms with Gasteiger partial charge in [-0.25, -0.2) is 14.4 Å². The molecule has 0 atom stereocenters. The lowest BCUT2D eigenvalue weighted by atomic mass is 10.3. The first-order chi connectivity index (χ1) is 4.22. The van der Waals surface area contributed by atoms with E-state index in [2.05, 4.69) is 16.3 Å². The van der Waals surface area contributed by atoms with Crippen molar-refractivity contribution in [3.63, 3.8) is 0 Å². The normalized spacial score (nSPS) is 9.67. The standard InChI is InChI=1S/C6H6FN2/c1-4-6(7)5(2)9-3-8-4/h1-2H3. The van der Waals surface area contributed by atoms with E-state index in [1.54, 1.807) is 13.8 Å². The molecule has 0 aliphatic rings. The van der Waals surface area contributed by atoms with Crippen LogP contribution in [0.2, 0.25) is 0 Å². The van der Waals surface area contributed by atoms with Gasteiger partial charge < -0.3 is 0 Å². The van der Waals surface area contributed by atoms with Crippen LogP contribution in [-0.4, -0.2) is 9.97 Å². The Morgan fingerprint density at radius 3 is 2.00 bits per heavy atom. The molecule has 3 heteroatoms. The van der Waals surface area contributed by atoms with E-state index in [0.29, 0.717) is 11.4 Å². The lowest BCUT2D eigenvalue weighted by molar-refractivity contribution is 0.588. The summed E-state index contributed by atoms with van der Waals surface area (Å²) in [5, 5.41) is 0. The van der Waals surface area contributed by atoms with E-state index in [4.69, 9.17) is 0 Å². The number of halogens is 1. The molecule has 1 aromatic heterocycles. The highest BCUT2D eigenvalue weighted by atomic mass is 19.1. The molecule has 0 amide bonds. The van der Waals surface area contributed by atoms with Crippen molar-refractivity contribution in [1.29, 1.82) is 0 Å². The molecule has 0 saturated heterocycles. The molecule has 0 aromatic carbocycles. The molecule has 1 radical (unpaired) electrons. The van der Waals surface area contributed by atoms with Gasteiger partial charge in [0.25, 0.3) is 0 Å². The van der Waals surface area contributed by atoms with E-state index >= 15 is 0 Å². The van der Waals surface area contributed by atoms with Crippen molar-refractivity contribution in [2.45, 2.75) is 13.8 Å². The molecule has 9 heavy (non-hydrogen) atoms. The van der Waals surface area contributed by atoms with Crippen molar-refractivity contribution < 1.29 is 4.39 Å². The Hall–Kier alpha value is -0.990. The summed E-state index contributed by atoms with van der Waals surface area (Å²) in [5.41, 5.74) is 0.699. The number of hydrogen-bond donors (Lipinski definition) is 0. The number of aryl methyl sites for hydroxylation is 2. The maximum absolute atomic E-state index is 12.6. The minimum absolute atomic E-state index is 0.339. The molecule has 0 aliphatic carbocycles. The van der Waals surface area contributed by atoms with Crippen molar-refractivity contribution >= 4 is 0 Å². The van der Waals surface area contributed by atoms with Gasteiger partial charge in [-0.2, -0.15) is 0 Å². The largest absolute Gasteiger partial charge is 0.227 e. The van der Waals surface area contributed by atoms with Crippen LogP contribution in [0.5, 0.6) is 0 Å². The van der Waals surface area contributed by atoms with Crippen LogP contribution in [0.25, 0.3) is 0 Å². The summed E-state index contributed by atoms with van der Waals surface area (Å²) in [6, 6.07) is 0. The van der Waals surface area contributed by atoms with Crippen LogP contribution in [0.15, 0.2) is 0 Å². The highest BCUT2D eigenvalue weighted by Gasteiger charge is 2.00. The van der Waals surface area contributed by atoms with Gasteiger partial charge in [-0.3, -0.25) is 0 Å². The Labute approximate surface area is 52.8 Å². The fourth-order valence-corrected chi connectivity index (χ4v) is 0.535. The first kappa shape index (κ1) is 6.13. The minimum Gasteiger partial charge on any atom is -0.227 e. The zero-order chi connectivity index (χ0) is 6.85. The zero-order valence-corrected chi connectivity index (χ0v) is 5.27. The molecule has 47 valence electrons. The molecule has 2 nitrogen and oxygen atoms in total. The molecule has 0 fully saturated rings. The number of aromatic nitrogens is 2. The van der Waals surface area contributed by atoms with Gasteiger partial charge in [-0.15, -0.1) is 0 Å². The van der Waals surface area contributed by atoms with Gasteiger partial charge in [0.15, 0.2) is 12.1 Å². The van der Waals surface area contributed by atoms with Crippen LogP contribution >= 0.6 is 0 Å². The third-order valence-electron chi connectivity index (χ3n) is 1.07. The fraction of sp³-hybridized carbons (Fsp3) is 0.333. The Morgan fingerprint density at radius 1 is 1.22 bits per heavy atom. The molecule has 1 heterocycles. The Balaban J connectivity index is 3.25. The van der Waals surface area contributed by atoms with Crippen LogP contribution < -0.4 is 0 Å².